The van der Waals surface area contributed by atoms with Gasteiger partial charge in [0.25, 0.3) is 5.56 Å². The van der Waals surface area contributed by atoms with Crippen LogP contribution in [0.5, 0.6) is 0 Å². The molecule has 3 aromatic carbocycles. The van der Waals surface area contributed by atoms with Gasteiger partial charge in [0.2, 0.25) is 5.95 Å². The van der Waals surface area contributed by atoms with E-state index in [1.807, 2.05) is 60.7 Å². The van der Waals surface area contributed by atoms with E-state index < -0.39 is 0 Å². The average Bonchev–Trinajstić information content (AvgIpc) is 2.92. The van der Waals surface area contributed by atoms with Crippen LogP contribution in [0.15, 0.2) is 88.8 Å². The first-order valence-electron chi connectivity index (χ1n) is 13.0. The summed E-state index contributed by atoms with van der Waals surface area (Å²) >= 11 is 6.02. The molecule has 0 aliphatic heterocycles. The lowest BCUT2D eigenvalue weighted by molar-refractivity contribution is 0.283. The van der Waals surface area contributed by atoms with E-state index in [9.17, 15) is 4.79 Å². The lowest BCUT2D eigenvalue weighted by atomic mass is 9.62. The van der Waals surface area contributed by atoms with Gasteiger partial charge in [-0.2, -0.15) is 5.10 Å². The van der Waals surface area contributed by atoms with Crippen LogP contribution in [-0.4, -0.2) is 15.8 Å². The van der Waals surface area contributed by atoms with Crippen LogP contribution in [0.4, 0.5) is 5.95 Å². The minimum absolute atomic E-state index is 0.0365. The third kappa shape index (κ3) is 4.60. The molecule has 4 aromatic rings. The Labute approximate surface area is 221 Å². The summed E-state index contributed by atoms with van der Waals surface area (Å²) < 4.78 is 1.76. The molecular formula is C31H29ClN4O. The van der Waals surface area contributed by atoms with E-state index in [0.717, 1.165) is 60.1 Å². The lowest BCUT2D eigenvalue weighted by Crippen LogP contribution is -2.43. The first kappa shape index (κ1) is 23.7. The van der Waals surface area contributed by atoms with Crippen molar-refractivity contribution in [2.24, 2.45) is 5.10 Å². The molecule has 1 aromatic heterocycles. The molecule has 0 unspecified atom stereocenters. The number of nitrogens with zero attached hydrogens (tertiary/aromatic N) is 3. The van der Waals surface area contributed by atoms with Gasteiger partial charge in [-0.15, -0.1) is 0 Å². The largest absolute Gasteiger partial charge is 0.273 e. The summed E-state index contributed by atoms with van der Waals surface area (Å²) in [5.41, 5.74) is 8.95. The highest BCUT2D eigenvalue weighted by atomic mass is 35.5. The number of fused-ring (bicyclic) bond motifs is 4. The van der Waals surface area contributed by atoms with Gasteiger partial charge in [-0.3, -0.25) is 9.36 Å². The Bertz CT molecular complexity index is 1500. The van der Waals surface area contributed by atoms with Gasteiger partial charge in [-0.1, -0.05) is 97.6 Å². The molecule has 1 N–H and O–H groups in total. The van der Waals surface area contributed by atoms with Crippen LogP contribution in [0.25, 0.3) is 11.3 Å². The summed E-state index contributed by atoms with van der Waals surface area (Å²) in [4.78, 5) is 19.5. The fourth-order valence-corrected chi connectivity index (χ4v) is 6.08. The van der Waals surface area contributed by atoms with Gasteiger partial charge >= 0.3 is 0 Å². The topological polar surface area (TPSA) is 59.3 Å². The molecule has 37 heavy (non-hydrogen) atoms. The molecule has 1 heterocycles. The number of hydrogen-bond acceptors (Lipinski definition) is 4. The van der Waals surface area contributed by atoms with E-state index in [0.29, 0.717) is 17.5 Å². The van der Waals surface area contributed by atoms with Crippen molar-refractivity contribution in [3.8, 4) is 11.3 Å². The van der Waals surface area contributed by atoms with Crippen LogP contribution in [0.2, 0.25) is 5.02 Å². The highest BCUT2D eigenvalue weighted by Crippen LogP contribution is 2.48. The molecule has 0 saturated heterocycles. The third-order valence-electron chi connectivity index (χ3n) is 7.74. The number of nitrogens with one attached hydrogen (secondary N) is 1. The van der Waals surface area contributed by atoms with E-state index in [-0.39, 0.29) is 11.0 Å². The minimum Gasteiger partial charge on any atom is -0.273 e. The second-order valence-corrected chi connectivity index (χ2v) is 10.6. The molecule has 0 amide bonds. The van der Waals surface area contributed by atoms with Crippen LogP contribution in [0.1, 0.15) is 54.4 Å². The maximum Gasteiger partial charge on any atom is 0.259 e. The fraction of sp³-hybridized carbons (Fsp3) is 0.258. The Kier molecular flexibility index (Phi) is 6.39. The van der Waals surface area contributed by atoms with Gasteiger partial charge in [-0.25, -0.2) is 10.4 Å². The monoisotopic (exact) mass is 508 g/mol. The maximum atomic E-state index is 14.4. The van der Waals surface area contributed by atoms with E-state index in [2.05, 4.69) is 28.7 Å². The highest BCUT2D eigenvalue weighted by Gasteiger charge is 2.43. The average molecular weight is 509 g/mol. The summed E-state index contributed by atoms with van der Waals surface area (Å²) in [6, 6.07) is 25.9. The van der Waals surface area contributed by atoms with Crippen molar-refractivity contribution in [1.29, 1.82) is 0 Å². The zero-order valence-corrected chi connectivity index (χ0v) is 21.4. The third-order valence-corrected chi connectivity index (χ3v) is 8.00. The van der Waals surface area contributed by atoms with Crippen molar-refractivity contribution in [3.63, 3.8) is 0 Å². The number of hydrogen-bond donors (Lipinski definition) is 1. The Hall–Kier alpha value is -3.70. The molecule has 0 atom stereocenters. The number of anilines is 1. The van der Waals surface area contributed by atoms with Gasteiger partial charge in [-0.05, 0) is 48.1 Å². The van der Waals surface area contributed by atoms with E-state index in [1.165, 1.54) is 12.0 Å². The van der Waals surface area contributed by atoms with E-state index in [1.54, 1.807) is 10.8 Å². The summed E-state index contributed by atoms with van der Waals surface area (Å²) in [6.45, 7) is 0.427. The van der Waals surface area contributed by atoms with Gasteiger partial charge < -0.3 is 0 Å². The molecule has 2 aliphatic carbocycles. The zero-order valence-electron chi connectivity index (χ0n) is 20.7. The Morgan fingerprint density at radius 3 is 2.46 bits per heavy atom. The molecule has 1 spiro atoms. The number of benzene rings is 3. The lowest BCUT2D eigenvalue weighted by Gasteiger charge is -2.42. The van der Waals surface area contributed by atoms with Gasteiger partial charge in [0, 0.05) is 16.0 Å². The molecule has 0 bridgehead atoms. The van der Waals surface area contributed by atoms with Crippen molar-refractivity contribution in [2.75, 3.05) is 5.43 Å². The second kappa shape index (κ2) is 9.98. The number of rotatable bonds is 5. The molecule has 6 rings (SSSR count). The molecule has 5 nitrogen and oxygen atoms in total. The van der Waals surface area contributed by atoms with Gasteiger partial charge in [0.05, 0.1) is 24.0 Å². The SMILES string of the molecule is O=c1c2c(nc(N/N=C\c3ccc(Cl)cc3)n1Cc1ccccc1)-c1ccccc1CC21CCCCC1. The van der Waals surface area contributed by atoms with Gasteiger partial charge in [0.1, 0.15) is 0 Å². The molecule has 1 fully saturated rings. The predicted octanol–water partition coefficient (Wildman–Crippen LogP) is 6.82. The van der Waals surface area contributed by atoms with Crippen LogP contribution in [-0.2, 0) is 18.4 Å². The Morgan fingerprint density at radius 2 is 1.68 bits per heavy atom. The summed E-state index contributed by atoms with van der Waals surface area (Å²) in [5.74, 6) is 0.445. The van der Waals surface area contributed by atoms with Crippen molar-refractivity contribution in [2.45, 2.75) is 50.5 Å². The zero-order chi connectivity index (χ0) is 25.2. The minimum atomic E-state index is -0.157. The van der Waals surface area contributed by atoms with Crippen LogP contribution in [0, 0.1) is 0 Å². The molecule has 2 aliphatic rings. The number of hydrazone groups is 1. The molecule has 6 heteroatoms. The van der Waals surface area contributed by atoms with Crippen molar-refractivity contribution in [1.82, 2.24) is 9.55 Å². The van der Waals surface area contributed by atoms with Crippen molar-refractivity contribution >= 4 is 23.8 Å². The molecule has 186 valence electrons. The first-order valence-corrected chi connectivity index (χ1v) is 13.3. The summed E-state index contributed by atoms with van der Waals surface area (Å²) in [6.07, 6.45) is 8.18. The molecule has 0 radical (unpaired) electrons. The molecular weight excluding hydrogens is 480 g/mol. The van der Waals surface area contributed by atoms with E-state index in [4.69, 9.17) is 16.6 Å². The first-order chi connectivity index (χ1) is 18.1. The number of halogens is 1. The van der Waals surface area contributed by atoms with Crippen molar-refractivity contribution in [3.05, 3.63) is 116 Å². The quantitative estimate of drug-likeness (QED) is 0.238. The normalized spacial score (nSPS) is 15.9. The fourth-order valence-electron chi connectivity index (χ4n) is 5.95. The van der Waals surface area contributed by atoms with Crippen LogP contribution in [0.3, 0.4) is 0 Å². The summed E-state index contributed by atoms with van der Waals surface area (Å²) in [5, 5.41) is 5.13. The standard InChI is InChI=1S/C31H29ClN4O/c32-25-15-13-22(14-16-25)20-33-35-30-34-28-26-12-6-5-11-24(26)19-31(17-7-2-8-18-31)27(28)29(37)36(30)21-23-9-3-1-4-10-23/h1,3-6,9-16,20H,2,7-8,17-19,21H2,(H,34,35)/b33-20-. The second-order valence-electron chi connectivity index (χ2n) is 10.1. The Morgan fingerprint density at radius 1 is 0.946 bits per heavy atom. The number of aromatic nitrogens is 2. The molecule has 1 saturated carbocycles. The van der Waals surface area contributed by atoms with Crippen LogP contribution >= 0.6 is 11.6 Å². The van der Waals surface area contributed by atoms with Crippen molar-refractivity contribution < 1.29 is 0 Å². The van der Waals surface area contributed by atoms with Crippen LogP contribution < -0.4 is 11.0 Å². The van der Waals surface area contributed by atoms with Gasteiger partial charge in [0.15, 0.2) is 0 Å². The smallest absolute Gasteiger partial charge is 0.259 e. The van der Waals surface area contributed by atoms with E-state index >= 15 is 0 Å². The Balaban J connectivity index is 1.50. The predicted molar refractivity (Wildman–Crippen MR) is 151 cm³/mol. The summed E-state index contributed by atoms with van der Waals surface area (Å²) in [7, 11) is 0. The highest BCUT2D eigenvalue weighted by molar-refractivity contribution is 6.30. The maximum absolute atomic E-state index is 14.4.